The molecule has 7 nitrogen and oxygen atoms in total. The lowest BCUT2D eigenvalue weighted by molar-refractivity contribution is -0.142. The van der Waals surface area contributed by atoms with Crippen LogP contribution in [0.2, 0.25) is 0 Å². The Labute approximate surface area is 104 Å². The van der Waals surface area contributed by atoms with Gasteiger partial charge in [-0.05, 0) is 12.2 Å². The number of imide groups is 1. The molecule has 0 aromatic rings. The van der Waals surface area contributed by atoms with Crippen LogP contribution in [0.4, 0.5) is 4.79 Å². The maximum atomic E-state index is 11.0. The Morgan fingerprint density at radius 3 is 2.53 bits per heavy atom. The summed E-state index contributed by atoms with van der Waals surface area (Å²) in [6.07, 6.45) is 0.676. The number of nitrogens with one attached hydrogen (secondary N) is 1. The van der Waals surface area contributed by atoms with Crippen molar-refractivity contribution in [3.8, 4) is 0 Å². The summed E-state index contributed by atoms with van der Waals surface area (Å²) in [5.41, 5.74) is 10.3. The molecule has 0 aliphatic heterocycles. The van der Waals surface area contributed by atoms with Gasteiger partial charge >= 0.3 is 12.0 Å². The van der Waals surface area contributed by atoms with E-state index in [1.807, 2.05) is 5.32 Å². The van der Waals surface area contributed by atoms with Gasteiger partial charge in [-0.25, -0.2) is 4.79 Å². The zero-order valence-electron chi connectivity index (χ0n) is 9.60. The SMILES string of the molecule is COC(=O)C(N)CCSCCC(=O)NC(N)=O. The fourth-order valence-corrected chi connectivity index (χ4v) is 1.90. The molecule has 98 valence electrons. The highest BCUT2D eigenvalue weighted by molar-refractivity contribution is 7.99. The molecule has 1 unspecified atom stereocenters. The number of nitrogens with two attached hydrogens (primary N) is 2. The average molecular weight is 263 g/mol. The predicted molar refractivity (Wildman–Crippen MR) is 64.3 cm³/mol. The summed E-state index contributed by atoms with van der Waals surface area (Å²) in [4.78, 5) is 32.2. The minimum absolute atomic E-state index is 0.196. The van der Waals surface area contributed by atoms with Crippen molar-refractivity contribution < 1.29 is 19.1 Å². The molecule has 0 aliphatic carbocycles. The molecule has 0 aromatic carbocycles. The molecule has 0 saturated carbocycles. The standard InChI is InChI=1S/C9H17N3O4S/c1-16-8(14)6(10)2-4-17-5-3-7(13)12-9(11)15/h6H,2-5,10H2,1H3,(H3,11,12,13,15). The van der Waals surface area contributed by atoms with E-state index in [0.29, 0.717) is 17.9 Å². The molecule has 0 saturated heterocycles. The fourth-order valence-electron chi connectivity index (χ4n) is 0.946. The number of primary amides is 1. The number of methoxy groups -OCH3 is 1. The number of carbonyl (C=O) groups is 3. The van der Waals surface area contributed by atoms with Gasteiger partial charge in [0.25, 0.3) is 0 Å². The monoisotopic (exact) mass is 263 g/mol. The van der Waals surface area contributed by atoms with Crippen LogP contribution in [0.25, 0.3) is 0 Å². The van der Waals surface area contributed by atoms with Crippen LogP contribution in [0.3, 0.4) is 0 Å². The number of hydrogen-bond acceptors (Lipinski definition) is 6. The summed E-state index contributed by atoms with van der Waals surface area (Å²) in [7, 11) is 1.28. The minimum atomic E-state index is -0.854. The van der Waals surface area contributed by atoms with Gasteiger partial charge in [0.05, 0.1) is 7.11 Å². The summed E-state index contributed by atoms with van der Waals surface area (Å²) >= 11 is 1.46. The van der Waals surface area contributed by atoms with E-state index in [1.54, 1.807) is 0 Å². The molecular weight excluding hydrogens is 246 g/mol. The Hall–Kier alpha value is -1.28. The second kappa shape index (κ2) is 8.82. The summed E-state index contributed by atoms with van der Waals surface area (Å²) in [6, 6.07) is -1.49. The number of carbonyl (C=O) groups excluding carboxylic acids is 3. The van der Waals surface area contributed by atoms with E-state index in [9.17, 15) is 14.4 Å². The highest BCUT2D eigenvalue weighted by atomic mass is 32.2. The topological polar surface area (TPSA) is 125 Å². The molecule has 0 heterocycles. The lowest BCUT2D eigenvalue weighted by Crippen LogP contribution is -2.35. The van der Waals surface area contributed by atoms with E-state index in [4.69, 9.17) is 11.5 Å². The molecule has 0 fully saturated rings. The summed E-state index contributed by atoms with van der Waals surface area (Å²) < 4.78 is 4.46. The molecular formula is C9H17N3O4S. The summed E-state index contributed by atoms with van der Waals surface area (Å²) in [5.74, 6) is 0.312. The Morgan fingerprint density at radius 2 is 2.00 bits per heavy atom. The molecule has 17 heavy (non-hydrogen) atoms. The quantitative estimate of drug-likeness (QED) is 0.408. The highest BCUT2D eigenvalue weighted by Gasteiger charge is 2.12. The van der Waals surface area contributed by atoms with Crippen molar-refractivity contribution in [2.75, 3.05) is 18.6 Å². The lowest BCUT2D eigenvalue weighted by Gasteiger charge is -2.08. The molecule has 0 aliphatic rings. The fraction of sp³-hybridized carbons (Fsp3) is 0.667. The number of urea groups is 1. The molecule has 8 heteroatoms. The minimum Gasteiger partial charge on any atom is -0.468 e. The van der Waals surface area contributed by atoms with Crippen LogP contribution in [0.15, 0.2) is 0 Å². The Bertz CT molecular complexity index is 285. The largest absolute Gasteiger partial charge is 0.468 e. The van der Waals surface area contributed by atoms with E-state index in [0.717, 1.165) is 0 Å². The highest BCUT2D eigenvalue weighted by Crippen LogP contribution is 2.06. The molecule has 0 radical (unpaired) electrons. The second-order valence-electron chi connectivity index (χ2n) is 3.19. The number of amides is 3. The smallest absolute Gasteiger partial charge is 0.322 e. The second-order valence-corrected chi connectivity index (χ2v) is 4.42. The van der Waals surface area contributed by atoms with Crippen molar-refractivity contribution in [1.29, 1.82) is 0 Å². The lowest BCUT2D eigenvalue weighted by atomic mass is 10.2. The first-order chi connectivity index (χ1) is 7.97. The van der Waals surface area contributed by atoms with Gasteiger partial charge in [0, 0.05) is 12.2 Å². The van der Waals surface area contributed by atoms with Crippen LogP contribution in [-0.4, -0.2) is 42.6 Å². The number of ether oxygens (including phenoxy) is 1. The van der Waals surface area contributed by atoms with Gasteiger partial charge in [-0.15, -0.1) is 0 Å². The Morgan fingerprint density at radius 1 is 1.35 bits per heavy atom. The van der Waals surface area contributed by atoms with Crippen LogP contribution in [0.5, 0.6) is 0 Å². The summed E-state index contributed by atoms with van der Waals surface area (Å²) in [6.45, 7) is 0. The maximum Gasteiger partial charge on any atom is 0.322 e. The third-order valence-corrected chi connectivity index (χ3v) is 2.83. The first kappa shape index (κ1) is 15.7. The van der Waals surface area contributed by atoms with E-state index < -0.39 is 23.9 Å². The maximum absolute atomic E-state index is 11.0. The van der Waals surface area contributed by atoms with Crippen molar-refractivity contribution in [2.45, 2.75) is 18.9 Å². The van der Waals surface area contributed by atoms with E-state index >= 15 is 0 Å². The van der Waals surface area contributed by atoms with Crippen molar-refractivity contribution in [3.63, 3.8) is 0 Å². The van der Waals surface area contributed by atoms with Crippen LogP contribution in [0, 0.1) is 0 Å². The molecule has 3 amide bonds. The van der Waals surface area contributed by atoms with Gasteiger partial charge in [0.1, 0.15) is 6.04 Å². The predicted octanol–water partition coefficient (Wildman–Crippen LogP) is -0.805. The first-order valence-corrected chi connectivity index (χ1v) is 6.13. The normalized spacial score (nSPS) is 11.6. The zero-order valence-corrected chi connectivity index (χ0v) is 10.4. The van der Waals surface area contributed by atoms with Gasteiger partial charge < -0.3 is 16.2 Å². The van der Waals surface area contributed by atoms with Gasteiger partial charge in [-0.1, -0.05) is 0 Å². The van der Waals surface area contributed by atoms with Gasteiger partial charge in [0.15, 0.2) is 0 Å². The molecule has 0 aromatic heterocycles. The molecule has 1 atom stereocenters. The Kier molecular flexibility index (Phi) is 8.16. The van der Waals surface area contributed by atoms with E-state index in [2.05, 4.69) is 4.74 Å². The van der Waals surface area contributed by atoms with Crippen molar-refractivity contribution >= 4 is 29.7 Å². The zero-order chi connectivity index (χ0) is 13.3. The molecule has 5 N–H and O–H groups in total. The number of hydrogen-bond donors (Lipinski definition) is 3. The molecule has 0 rings (SSSR count). The van der Waals surface area contributed by atoms with Gasteiger partial charge in [0.2, 0.25) is 5.91 Å². The van der Waals surface area contributed by atoms with Crippen molar-refractivity contribution in [2.24, 2.45) is 11.5 Å². The number of esters is 1. The van der Waals surface area contributed by atoms with Crippen molar-refractivity contribution in [1.82, 2.24) is 5.32 Å². The number of rotatable bonds is 7. The first-order valence-electron chi connectivity index (χ1n) is 4.97. The van der Waals surface area contributed by atoms with Crippen LogP contribution in [-0.2, 0) is 14.3 Å². The van der Waals surface area contributed by atoms with Crippen LogP contribution >= 0.6 is 11.8 Å². The van der Waals surface area contributed by atoms with E-state index in [1.165, 1.54) is 18.9 Å². The van der Waals surface area contributed by atoms with Gasteiger partial charge in [-0.3, -0.25) is 14.9 Å². The van der Waals surface area contributed by atoms with Crippen molar-refractivity contribution in [3.05, 3.63) is 0 Å². The number of thioether (sulfide) groups is 1. The van der Waals surface area contributed by atoms with Gasteiger partial charge in [-0.2, -0.15) is 11.8 Å². The molecule has 0 spiro atoms. The summed E-state index contributed by atoms with van der Waals surface area (Å²) in [5, 5.41) is 1.96. The molecule has 0 bridgehead atoms. The average Bonchev–Trinajstić information content (AvgIpc) is 2.26. The van der Waals surface area contributed by atoms with Crippen LogP contribution < -0.4 is 16.8 Å². The van der Waals surface area contributed by atoms with Crippen LogP contribution in [0.1, 0.15) is 12.8 Å². The Balaban J connectivity index is 3.49. The third-order valence-electron chi connectivity index (χ3n) is 1.81. The third kappa shape index (κ3) is 8.52. The van der Waals surface area contributed by atoms with E-state index in [-0.39, 0.29) is 6.42 Å².